The van der Waals surface area contributed by atoms with Crippen LogP contribution in [0.5, 0.6) is 0 Å². The normalized spacial score (nSPS) is 15.4. The van der Waals surface area contributed by atoms with Gasteiger partial charge in [0, 0.05) is 30.5 Å². The number of fused-ring (bicyclic) bond motifs is 2. The van der Waals surface area contributed by atoms with E-state index in [-0.39, 0.29) is 17.6 Å². The molecule has 1 N–H and O–H groups in total. The number of nitrogens with one attached hydrogen (secondary N) is 1. The molecule has 1 aromatic heterocycles. The lowest BCUT2D eigenvalue weighted by atomic mass is 10.0. The highest BCUT2D eigenvalue weighted by Gasteiger charge is 2.29. The van der Waals surface area contributed by atoms with Crippen LogP contribution in [0, 0.1) is 0 Å². The summed E-state index contributed by atoms with van der Waals surface area (Å²) in [6.07, 6.45) is 1.57. The van der Waals surface area contributed by atoms with Crippen LogP contribution >= 0.6 is 0 Å². The second-order valence-electron chi connectivity index (χ2n) is 6.96. The third-order valence-electron chi connectivity index (χ3n) is 5.23. The second-order valence-corrected chi connectivity index (χ2v) is 6.96. The minimum absolute atomic E-state index is 0.00902. The van der Waals surface area contributed by atoms with Crippen molar-refractivity contribution in [1.29, 1.82) is 0 Å². The van der Waals surface area contributed by atoms with Gasteiger partial charge in [-0.3, -0.25) is 19.1 Å². The molecule has 27 heavy (non-hydrogen) atoms. The average Bonchev–Trinajstić information content (AvgIpc) is 3.28. The van der Waals surface area contributed by atoms with Gasteiger partial charge in [0.25, 0.3) is 5.91 Å². The monoisotopic (exact) mass is 366 g/mol. The summed E-state index contributed by atoms with van der Waals surface area (Å²) in [7, 11) is 0. The summed E-state index contributed by atoms with van der Waals surface area (Å²) in [5.41, 5.74) is 3.97. The van der Waals surface area contributed by atoms with Crippen molar-refractivity contribution in [2.75, 3.05) is 6.54 Å². The molecular formula is C20H22N4O3. The van der Waals surface area contributed by atoms with Crippen molar-refractivity contribution in [3.05, 3.63) is 52.3 Å². The summed E-state index contributed by atoms with van der Waals surface area (Å²) in [5.74, 6) is 0.0789. The fourth-order valence-corrected chi connectivity index (χ4v) is 3.76. The number of ketones is 1. The Morgan fingerprint density at radius 3 is 2.89 bits per heavy atom. The molecule has 0 unspecified atom stereocenters. The number of amides is 2. The number of hydrogen-bond acceptors (Lipinski definition) is 4. The zero-order valence-electron chi connectivity index (χ0n) is 15.3. The lowest BCUT2D eigenvalue weighted by Crippen LogP contribution is -2.38. The quantitative estimate of drug-likeness (QED) is 0.893. The van der Waals surface area contributed by atoms with Crippen LogP contribution in [0.25, 0.3) is 0 Å². The van der Waals surface area contributed by atoms with Crippen LogP contribution < -0.4 is 5.32 Å². The lowest BCUT2D eigenvalue weighted by molar-refractivity contribution is -0.120. The number of carbonyl (C=O) groups is 3. The number of carbonyl (C=O) groups excluding carboxylic acids is 3. The summed E-state index contributed by atoms with van der Waals surface area (Å²) in [6.45, 7) is 3.88. The van der Waals surface area contributed by atoms with E-state index in [2.05, 4.69) is 10.4 Å². The van der Waals surface area contributed by atoms with E-state index in [1.165, 1.54) is 0 Å². The van der Waals surface area contributed by atoms with Crippen LogP contribution in [0.4, 0.5) is 0 Å². The van der Waals surface area contributed by atoms with E-state index < -0.39 is 0 Å². The number of benzene rings is 1. The molecule has 7 nitrogen and oxygen atoms in total. The number of hydrogen-bond donors (Lipinski definition) is 1. The van der Waals surface area contributed by atoms with E-state index in [0.717, 1.165) is 17.0 Å². The predicted molar refractivity (Wildman–Crippen MR) is 98.2 cm³/mol. The van der Waals surface area contributed by atoms with Crippen molar-refractivity contribution >= 4 is 17.6 Å². The molecule has 0 atom stereocenters. The van der Waals surface area contributed by atoms with Gasteiger partial charge in [0.1, 0.15) is 0 Å². The third kappa shape index (κ3) is 3.25. The van der Waals surface area contributed by atoms with Gasteiger partial charge in [-0.2, -0.15) is 5.10 Å². The maximum Gasteiger partial charge on any atom is 0.254 e. The molecule has 1 aliphatic heterocycles. The number of rotatable bonds is 4. The maximum absolute atomic E-state index is 13.1. The van der Waals surface area contributed by atoms with Gasteiger partial charge in [0.15, 0.2) is 5.78 Å². The van der Waals surface area contributed by atoms with E-state index in [9.17, 15) is 14.4 Å². The molecule has 140 valence electrons. The Balaban J connectivity index is 1.50. The number of nitrogens with zero attached hydrogens (tertiary/aromatic N) is 3. The topological polar surface area (TPSA) is 84.3 Å². The highest BCUT2D eigenvalue weighted by molar-refractivity contribution is 6.05. The van der Waals surface area contributed by atoms with Gasteiger partial charge in [-0.1, -0.05) is 19.1 Å². The molecule has 0 saturated carbocycles. The van der Waals surface area contributed by atoms with Crippen LogP contribution in [-0.2, 0) is 30.8 Å². The Morgan fingerprint density at radius 2 is 2.07 bits per heavy atom. The summed E-state index contributed by atoms with van der Waals surface area (Å²) >= 11 is 0. The Labute approximate surface area is 157 Å². The van der Waals surface area contributed by atoms with Crippen molar-refractivity contribution in [3.8, 4) is 0 Å². The molecule has 0 bridgehead atoms. The van der Waals surface area contributed by atoms with E-state index in [4.69, 9.17) is 0 Å². The first-order valence-electron chi connectivity index (χ1n) is 9.33. The van der Waals surface area contributed by atoms with E-state index in [1.807, 2.05) is 34.7 Å². The average molecular weight is 366 g/mol. The fraction of sp³-hybridized carbons (Fsp3) is 0.400. The molecular weight excluding hydrogens is 344 g/mol. The van der Waals surface area contributed by atoms with Crippen molar-refractivity contribution in [1.82, 2.24) is 20.0 Å². The smallest absolute Gasteiger partial charge is 0.254 e. The molecule has 2 amide bonds. The van der Waals surface area contributed by atoms with Gasteiger partial charge >= 0.3 is 0 Å². The fourth-order valence-electron chi connectivity index (χ4n) is 3.76. The molecule has 4 rings (SSSR count). The summed E-state index contributed by atoms with van der Waals surface area (Å²) in [4.78, 5) is 38.2. The standard InChI is InChI=1S/C20H22N4O3/c1-2-19(26)21-11-13-10-14-12-23(8-9-24(14)22-13)20(27)17-5-3-4-16-15(17)6-7-18(16)25/h3-5,10H,2,6-9,11-12H2,1H3,(H,21,26). The van der Waals surface area contributed by atoms with Gasteiger partial charge in [-0.25, -0.2) is 0 Å². The van der Waals surface area contributed by atoms with Crippen LogP contribution in [0.2, 0.25) is 0 Å². The molecule has 2 aromatic rings. The molecule has 7 heteroatoms. The number of Topliss-reactive ketones (excluding diaryl/α,β-unsaturated/α-hetero) is 1. The minimum atomic E-state index is -0.0326. The van der Waals surface area contributed by atoms with E-state index in [0.29, 0.717) is 56.6 Å². The van der Waals surface area contributed by atoms with Crippen LogP contribution in [0.3, 0.4) is 0 Å². The zero-order chi connectivity index (χ0) is 19.0. The van der Waals surface area contributed by atoms with Crippen molar-refractivity contribution in [2.24, 2.45) is 0 Å². The van der Waals surface area contributed by atoms with Gasteiger partial charge in [0.2, 0.25) is 5.91 Å². The zero-order valence-corrected chi connectivity index (χ0v) is 15.3. The SMILES string of the molecule is CCC(=O)NCc1cc2n(n1)CCN(C(=O)c1cccc3c1CCC3=O)C2. The van der Waals surface area contributed by atoms with Crippen LogP contribution in [0.1, 0.15) is 57.4 Å². The Morgan fingerprint density at radius 1 is 1.22 bits per heavy atom. The highest BCUT2D eigenvalue weighted by atomic mass is 16.2. The summed E-state index contributed by atoms with van der Waals surface area (Å²) < 4.78 is 1.90. The molecule has 0 radical (unpaired) electrons. The van der Waals surface area contributed by atoms with Crippen molar-refractivity contribution in [2.45, 2.75) is 45.8 Å². The van der Waals surface area contributed by atoms with Gasteiger partial charge < -0.3 is 10.2 Å². The third-order valence-corrected chi connectivity index (χ3v) is 5.23. The Hall–Kier alpha value is -2.96. The minimum Gasteiger partial charge on any atom is -0.350 e. The van der Waals surface area contributed by atoms with Crippen LogP contribution in [0.15, 0.2) is 24.3 Å². The van der Waals surface area contributed by atoms with E-state index in [1.54, 1.807) is 6.07 Å². The van der Waals surface area contributed by atoms with E-state index >= 15 is 0 Å². The molecule has 0 fully saturated rings. The molecule has 2 heterocycles. The Kier molecular flexibility index (Phi) is 4.51. The second kappa shape index (κ2) is 6.98. The van der Waals surface area contributed by atoms with Crippen molar-refractivity contribution < 1.29 is 14.4 Å². The van der Waals surface area contributed by atoms with Gasteiger partial charge in [0.05, 0.1) is 31.0 Å². The first-order valence-corrected chi connectivity index (χ1v) is 9.33. The molecule has 0 saturated heterocycles. The van der Waals surface area contributed by atoms with Gasteiger partial charge in [-0.05, 0) is 24.1 Å². The van der Waals surface area contributed by atoms with Crippen LogP contribution in [-0.4, -0.2) is 38.8 Å². The molecule has 1 aromatic carbocycles. The van der Waals surface area contributed by atoms with Gasteiger partial charge in [-0.15, -0.1) is 0 Å². The lowest BCUT2D eigenvalue weighted by Gasteiger charge is -2.28. The summed E-state index contributed by atoms with van der Waals surface area (Å²) in [6, 6.07) is 7.35. The molecule has 2 aliphatic rings. The number of aromatic nitrogens is 2. The highest BCUT2D eigenvalue weighted by Crippen LogP contribution is 2.27. The molecule has 1 aliphatic carbocycles. The largest absolute Gasteiger partial charge is 0.350 e. The first-order chi connectivity index (χ1) is 13.1. The molecule has 0 spiro atoms. The maximum atomic E-state index is 13.1. The predicted octanol–water partition coefficient (Wildman–Crippen LogP) is 1.69. The first kappa shape index (κ1) is 17.5. The summed E-state index contributed by atoms with van der Waals surface area (Å²) in [5, 5.41) is 7.33. The Bertz CT molecular complexity index is 931. The van der Waals surface area contributed by atoms with Crippen molar-refractivity contribution in [3.63, 3.8) is 0 Å².